The van der Waals surface area contributed by atoms with Crippen molar-refractivity contribution in [1.29, 1.82) is 0 Å². The summed E-state index contributed by atoms with van der Waals surface area (Å²) in [6.07, 6.45) is 0. The van der Waals surface area contributed by atoms with Gasteiger partial charge in [-0.3, -0.25) is 9.81 Å². The van der Waals surface area contributed by atoms with Crippen molar-refractivity contribution < 1.29 is 18.5 Å². The standard InChI is InChI=1S/C12H11O4P.N3/c13-17(14,15-11-7-3-1-4-8-11)16-12-9-5-2-6-10-12;1-3-2/h1-10H,(H,13,14);/q;-1. The fourth-order valence-electron chi connectivity index (χ4n) is 1.25. The van der Waals surface area contributed by atoms with E-state index in [1.807, 2.05) is 0 Å². The van der Waals surface area contributed by atoms with E-state index >= 15 is 0 Å². The van der Waals surface area contributed by atoms with Gasteiger partial charge in [-0.05, 0) is 24.3 Å². The van der Waals surface area contributed by atoms with Crippen LogP contribution in [-0.4, -0.2) is 4.89 Å². The average Bonchev–Trinajstić information content (AvgIpc) is 2.40. The highest BCUT2D eigenvalue weighted by molar-refractivity contribution is 7.48. The molecule has 0 bridgehead atoms. The maximum Gasteiger partial charge on any atom is 0.584 e. The second kappa shape index (κ2) is 7.86. The molecular weight excluding hydrogens is 281 g/mol. The Morgan fingerprint density at radius 2 is 1.15 bits per heavy atom. The third-order valence-corrected chi connectivity index (χ3v) is 2.81. The molecule has 0 spiro atoms. The average molecular weight is 292 g/mol. The van der Waals surface area contributed by atoms with Crippen molar-refractivity contribution in [3.63, 3.8) is 0 Å². The normalized spacial score (nSPS) is 9.65. The first-order valence-corrected chi connectivity index (χ1v) is 6.87. The fourth-order valence-corrected chi connectivity index (χ4v) is 2.06. The van der Waals surface area contributed by atoms with E-state index in [2.05, 4.69) is 0 Å². The van der Waals surface area contributed by atoms with Crippen LogP contribution in [0.2, 0.25) is 0 Å². The molecule has 0 heterocycles. The summed E-state index contributed by atoms with van der Waals surface area (Å²) in [6, 6.07) is 16.7. The van der Waals surface area contributed by atoms with Crippen LogP contribution in [0.15, 0.2) is 60.7 Å². The third-order valence-electron chi connectivity index (χ3n) is 1.93. The molecule has 8 heteroatoms. The number of benzene rings is 2. The Balaban J connectivity index is 0.000000612. The molecule has 0 fully saturated rings. The van der Waals surface area contributed by atoms with Gasteiger partial charge in [0.05, 0.1) is 0 Å². The number of hydrogen-bond acceptors (Lipinski definition) is 3. The van der Waals surface area contributed by atoms with Crippen LogP contribution in [0, 0.1) is 0 Å². The van der Waals surface area contributed by atoms with E-state index in [0.717, 1.165) is 0 Å². The lowest BCUT2D eigenvalue weighted by molar-refractivity contribution is 0.291. The Labute approximate surface area is 115 Å². The lowest BCUT2D eigenvalue weighted by Crippen LogP contribution is -1.99. The zero-order valence-electron chi connectivity index (χ0n) is 10.2. The lowest BCUT2D eigenvalue weighted by atomic mass is 10.3. The molecule has 0 unspecified atom stereocenters. The zero-order chi connectivity index (χ0) is 14.8. The molecule has 0 amide bonds. The highest BCUT2D eigenvalue weighted by Gasteiger charge is 2.24. The maximum absolute atomic E-state index is 11.7. The smallest absolute Gasteiger partial charge is 0.395 e. The van der Waals surface area contributed by atoms with Crippen LogP contribution in [0.5, 0.6) is 11.5 Å². The molecule has 2 aromatic carbocycles. The van der Waals surface area contributed by atoms with Gasteiger partial charge in [-0.2, -0.15) is 0 Å². The van der Waals surface area contributed by atoms with E-state index in [1.54, 1.807) is 60.7 Å². The molecule has 104 valence electrons. The number of para-hydroxylation sites is 2. The van der Waals surface area contributed by atoms with Gasteiger partial charge in [-0.15, -0.1) is 0 Å². The number of phosphoric ester groups is 1. The summed E-state index contributed by atoms with van der Waals surface area (Å²) in [5.41, 5.74) is 13.5. The van der Waals surface area contributed by atoms with Crippen LogP contribution in [-0.2, 0) is 4.57 Å². The van der Waals surface area contributed by atoms with Crippen LogP contribution in [0.1, 0.15) is 0 Å². The van der Waals surface area contributed by atoms with Crippen molar-refractivity contribution in [3.8, 4) is 11.5 Å². The van der Waals surface area contributed by atoms with E-state index < -0.39 is 7.82 Å². The Kier molecular flexibility index (Phi) is 6.13. The molecule has 0 atom stereocenters. The van der Waals surface area contributed by atoms with Gasteiger partial charge in [0.25, 0.3) is 0 Å². The van der Waals surface area contributed by atoms with E-state index in [0.29, 0.717) is 0 Å². The lowest BCUT2D eigenvalue weighted by Gasteiger charge is -2.13. The topological polar surface area (TPSA) is 114 Å². The molecule has 0 aromatic heterocycles. The summed E-state index contributed by atoms with van der Waals surface area (Å²) in [5.74, 6) is 0.573. The van der Waals surface area contributed by atoms with Gasteiger partial charge >= 0.3 is 7.82 Å². The second-order valence-corrected chi connectivity index (χ2v) is 4.67. The maximum atomic E-state index is 11.7. The summed E-state index contributed by atoms with van der Waals surface area (Å²) in [5, 5.41) is 0. The zero-order valence-corrected chi connectivity index (χ0v) is 11.1. The Hall–Kier alpha value is -2.46. The molecule has 0 radical (unpaired) electrons. The third kappa shape index (κ3) is 5.93. The van der Waals surface area contributed by atoms with Crippen molar-refractivity contribution in [1.82, 2.24) is 0 Å². The SMILES string of the molecule is O=P(O)(Oc1ccccc1)Oc1ccccc1.[N-]=[N+]=[N-]. The molecule has 20 heavy (non-hydrogen) atoms. The van der Waals surface area contributed by atoms with E-state index in [4.69, 9.17) is 20.1 Å². The van der Waals surface area contributed by atoms with Gasteiger partial charge < -0.3 is 20.1 Å². The first-order valence-electron chi connectivity index (χ1n) is 5.38. The van der Waals surface area contributed by atoms with Gasteiger partial charge in [-0.25, -0.2) is 4.57 Å². The Morgan fingerprint density at radius 3 is 1.45 bits per heavy atom. The van der Waals surface area contributed by atoms with Crippen LogP contribution < -0.4 is 9.05 Å². The van der Waals surface area contributed by atoms with Gasteiger partial charge in [-0.1, -0.05) is 36.4 Å². The fraction of sp³-hybridized carbons (Fsp3) is 0. The molecule has 0 aliphatic rings. The summed E-state index contributed by atoms with van der Waals surface area (Å²) >= 11 is 0. The minimum absolute atomic E-state index is 0.286. The summed E-state index contributed by atoms with van der Waals surface area (Å²) < 4.78 is 21.5. The predicted molar refractivity (Wildman–Crippen MR) is 74.0 cm³/mol. The minimum Gasteiger partial charge on any atom is -0.395 e. The van der Waals surface area contributed by atoms with Crippen molar-refractivity contribution >= 4 is 7.82 Å². The number of nitrogens with zero attached hydrogens (tertiary/aromatic N) is 3. The van der Waals surface area contributed by atoms with Crippen molar-refractivity contribution in [2.24, 2.45) is 0 Å². The molecule has 7 nitrogen and oxygen atoms in total. The highest BCUT2D eigenvalue weighted by Crippen LogP contribution is 2.43. The molecule has 0 aliphatic carbocycles. The molecule has 0 saturated heterocycles. The van der Waals surface area contributed by atoms with E-state index in [-0.39, 0.29) is 11.5 Å². The summed E-state index contributed by atoms with van der Waals surface area (Å²) in [4.78, 5) is 11.0. The number of hydrogen-bond donors (Lipinski definition) is 1. The number of rotatable bonds is 4. The first-order chi connectivity index (χ1) is 9.57. The predicted octanol–water partition coefficient (Wildman–Crippen LogP) is 4.11. The summed E-state index contributed by atoms with van der Waals surface area (Å²) in [7, 11) is -4.14. The Morgan fingerprint density at radius 1 is 0.850 bits per heavy atom. The highest BCUT2D eigenvalue weighted by atomic mass is 31.2. The van der Waals surface area contributed by atoms with Crippen LogP contribution in [0.4, 0.5) is 0 Å². The molecule has 0 saturated carbocycles. The van der Waals surface area contributed by atoms with E-state index in [1.165, 1.54) is 4.91 Å². The van der Waals surface area contributed by atoms with Gasteiger partial charge in [0.15, 0.2) is 0 Å². The van der Waals surface area contributed by atoms with Gasteiger partial charge in [0, 0.05) is 0 Å². The minimum atomic E-state index is -4.14. The number of phosphoric acid groups is 1. The van der Waals surface area contributed by atoms with Crippen LogP contribution >= 0.6 is 7.82 Å². The molecule has 1 N–H and O–H groups in total. The monoisotopic (exact) mass is 292 g/mol. The van der Waals surface area contributed by atoms with Crippen LogP contribution in [0.3, 0.4) is 0 Å². The molecule has 0 aliphatic heterocycles. The van der Waals surface area contributed by atoms with Crippen LogP contribution in [0.25, 0.3) is 16.0 Å². The molecule has 2 rings (SSSR count). The summed E-state index contributed by atoms with van der Waals surface area (Å²) in [6.45, 7) is 0. The first kappa shape index (κ1) is 15.6. The quantitative estimate of drug-likeness (QED) is 0.395. The van der Waals surface area contributed by atoms with Crippen molar-refractivity contribution in [2.75, 3.05) is 0 Å². The molecule has 2 aromatic rings. The largest absolute Gasteiger partial charge is 0.584 e. The van der Waals surface area contributed by atoms with Gasteiger partial charge in [0.2, 0.25) is 0 Å². The molecular formula is C12H11N3O4P-. The van der Waals surface area contributed by atoms with Crippen molar-refractivity contribution in [2.45, 2.75) is 0 Å². The van der Waals surface area contributed by atoms with E-state index in [9.17, 15) is 9.46 Å². The second-order valence-electron chi connectivity index (χ2n) is 3.37. The van der Waals surface area contributed by atoms with Crippen molar-refractivity contribution in [3.05, 3.63) is 76.6 Å². The Bertz CT molecular complexity index is 555. The van der Waals surface area contributed by atoms with Gasteiger partial charge in [0.1, 0.15) is 11.5 Å².